The maximum Gasteiger partial charge on any atom is 0.153 e. The van der Waals surface area contributed by atoms with E-state index in [9.17, 15) is 0 Å². The molecule has 0 atom stereocenters. The normalized spacial score (nSPS) is 11.5. The highest BCUT2D eigenvalue weighted by atomic mass is 15.1. The standard InChI is InChI=1S/C19H20N6/c1-12(2)8-15(21-3)11-23-18-10-14(6-7-22-18)13-4-5-17-16(9-13)19(20)25-24-17/h4-10H,1,3,11H2,2H3,(H,22,23)(H3,20,24,25)/b15-8-. The van der Waals surface area contributed by atoms with Crippen molar-refractivity contribution in [3.05, 3.63) is 60.5 Å². The molecule has 2 aromatic heterocycles. The topological polar surface area (TPSA) is 92.0 Å². The summed E-state index contributed by atoms with van der Waals surface area (Å²) in [4.78, 5) is 8.35. The fourth-order valence-corrected chi connectivity index (χ4v) is 2.54. The molecule has 0 radical (unpaired) electrons. The number of allylic oxidation sites excluding steroid dienone is 2. The van der Waals surface area contributed by atoms with Crippen LogP contribution in [0.3, 0.4) is 0 Å². The zero-order chi connectivity index (χ0) is 17.8. The van der Waals surface area contributed by atoms with Crippen LogP contribution in [0.4, 0.5) is 11.6 Å². The molecular weight excluding hydrogens is 312 g/mol. The summed E-state index contributed by atoms with van der Waals surface area (Å²) < 4.78 is 0. The number of fused-ring (bicyclic) bond motifs is 1. The van der Waals surface area contributed by atoms with Gasteiger partial charge in [-0.3, -0.25) is 10.1 Å². The molecule has 6 nitrogen and oxygen atoms in total. The molecule has 4 N–H and O–H groups in total. The third-order valence-electron chi connectivity index (χ3n) is 3.75. The maximum atomic E-state index is 5.89. The summed E-state index contributed by atoms with van der Waals surface area (Å²) in [5.41, 5.74) is 10.6. The minimum atomic E-state index is 0.496. The predicted octanol–water partition coefficient (Wildman–Crippen LogP) is 3.78. The number of nitrogen functional groups attached to an aromatic ring is 1. The molecular formula is C19H20N6. The van der Waals surface area contributed by atoms with Crippen molar-refractivity contribution < 1.29 is 0 Å². The molecule has 0 spiro atoms. The molecule has 2 heterocycles. The first-order chi connectivity index (χ1) is 12.1. The molecule has 0 amide bonds. The lowest BCUT2D eigenvalue weighted by molar-refractivity contribution is 1.13. The van der Waals surface area contributed by atoms with Crippen LogP contribution in [-0.4, -0.2) is 28.4 Å². The van der Waals surface area contributed by atoms with Crippen molar-refractivity contribution in [2.24, 2.45) is 4.99 Å². The van der Waals surface area contributed by atoms with E-state index in [0.29, 0.717) is 12.4 Å². The van der Waals surface area contributed by atoms with E-state index in [-0.39, 0.29) is 0 Å². The number of nitrogens with zero attached hydrogens (tertiary/aromatic N) is 3. The van der Waals surface area contributed by atoms with E-state index < -0.39 is 0 Å². The third kappa shape index (κ3) is 3.74. The van der Waals surface area contributed by atoms with Crippen LogP contribution in [0.5, 0.6) is 0 Å². The zero-order valence-corrected chi connectivity index (χ0v) is 14.1. The Hall–Kier alpha value is -3.41. The molecule has 3 aromatic rings. The van der Waals surface area contributed by atoms with Crippen molar-refractivity contribution in [1.82, 2.24) is 15.2 Å². The second kappa shape index (κ2) is 7.00. The first kappa shape index (κ1) is 16.4. The number of nitrogens with two attached hydrogens (primary N) is 1. The fourth-order valence-electron chi connectivity index (χ4n) is 2.54. The first-order valence-corrected chi connectivity index (χ1v) is 7.83. The molecule has 126 valence electrons. The molecule has 0 fully saturated rings. The van der Waals surface area contributed by atoms with Gasteiger partial charge in [-0.1, -0.05) is 18.2 Å². The number of aliphatic imine (C=N–C) groups is 1. The molecule has 6 heteroatoms. The van der Waals surface area contributed by atoms with Crippen LogP contribution in [0.25, 0.3) is 22.0 Å². The molecule has 25 heavy (non-hydrogen) atoms. The Kier molecular flexibility index (Phi) is 4.61. The molecule has 0 unspecified atom stereocenters. The highest BCUT2D eigenvalue weighted by Gasteiger charge is 2.06. The second-order valence-electron chi connectivity index (χ2n) is 5.79. The smallest absolute Gasteiger partial charge is 0.153 e. The quantitative estimate of drug-likeness (QED) is 0.473. The van der Waals surface area contributed by atoms with Crippen molar-refractivity contribution in [2.45, 2.75) is 6.92 Å². The summed E-state index contributed by atoms with van der Waals surface area (Å²) in [5.74, 6) is 1.25. The van der Waals surface area contributed by atoms with E-state index in [1.807, 2.05) is 43.3 Å². The average molecular weight is 332 g/mol. The SMILES string of the molecule is C=N/C(=C\C(=C)C)CNc1cc(-c2ccc3[nH]nc(N)c3c2)ccn1. The Morgan fingerprint density at radius 1 is 1.32 bits per heavy atom. The molecule has 0 bridgehead atoms. The summed E-state index contributed by atoms with van der Waals surface area (Å²) in [6.45, 7) is 9.88. The number of aromatic amines is 1. The summed E-state index contributed by atoms with van der Waals surface area (Å²) in [5, 5.41) is 11.1. The Balaban J connectivity index is 1.84. The van der Waals surface area contributed by atoms with Crippen molar-refractivity contribution in [1.29, 1.82) is 0 Å². The van der Waals surface area contributed by atoms with Gasteiger partial charge in [0.2, 0.25) is 0 Å². The largest absolute Gasteiger partial charge is 0.382 e. The molecule has 1 aromatic carbocycles. The number of benzene rings is 1. The van der Waals surface area contributed by atoms with Crippen molar-refractivity contribution in [2.75, 3.05) is 17.6 Å². The van der Waals surface area contributed by atoms with Gasteiger partial charge in [-0.2, -0.15) is 5.10 Å². The highest BCUT2D eigenvalue weighted by Crippen LogP contribution is 2.27. The Bertz CT molecular complexity index is 967. The Labute approximate surface area is 146 Å². The Morgan fingerprint density at radius 3 is 2.88 bits per heavy atom. The summed E-state index contributed by atoms with van der Waals surface area (Å²) >= 11 is 0. The minimum Gasteiger partial charge on any atom is -0.382 e. The summed E-state index contributed by atoms with van der Waals surface area (Å²) in [7, 11) is 0. The van der Waals surface area contributed by atoms with Gasteiger partial charge in [-0.05, 0) is 55.1 Å². The molecule has 0 saturated heterocycles. The number of nitrogens with one attached hydrogen (secondary N) is 2. The minimum absolute atomic E-state index is 0.496. The van der Waals surface area contributed by atoms with E-state index in [4.69, 9.17) is 5.73 Å². The van der Waals surface area contributed by atoms with Gasteiger partial charge >= 0.3 is 0 Å². The lowest BCUT2D eigenvalue weighted by Crippen LogP contribution is -2.05. The van der Waals surface area contributed by atoms with Gasteiger partial charge in [0.1, 0.15) is 5.82 Å². The number of rotatable bonds is 6. The number of hydrogen-bond donors (Lipinski definition) is 3. The maximum absolute atomic E-state index is 5.89. The number of pyridine rings is 1. The number of aromatic nitrogens is 3. The van der Waals surface area contributed by atoms with Crippen LogP contribution < -0.4 is 11.1 Å². The van der Waals surface area contributed by atoms with Gasteiger partial charge in [-0.15, -0.1) is 0 Å². The number of H-pyrrole nitrogens is 1. The molecule has 0 aliphatic rings. The second-order valence-corrected chi connectivity index (χ2v) is 5.79. The Morgan fingerprint density at radius 2 is 2.12 bits per heavy atom. The van der Waals surface area contributed by atoms with E-state index in [0.717, 1.165) is 39.1 Å². The highest BCUT2D eigenvalue weighted by molar-refractivity contribution is 5.92. The summed E-state index contributed by atoms with van der Waals surface area (Å²) in [6.07, 6.45) is 3.66. The molecule has 0 saturated carbocycles. The van der Waals surface area contributed by atoms with Crippen LogP contribution in [0.15, 0.2) is 65.4 Å². The van der Waals surface area contributed by atoms with Gasteiger partial charge in [-0.25, -0.2) is 4.98 Å². The van der Waals surface area contributed by atoms with Crippen molar-refractivity contribution >= 4 is 29.3 Å². The number of hydrogen-bond acceptors (Lipinski definition) is 5. The van der Waals surface area contributed by atoms with Gasteiger partial charge < -0.3 is 11.1 Å². The van der Waals surface area contributed by atoms with Gasteiger partial charge in [0.25, 0.3) is 0 Å². The van der Waals surface area contributed by atoms with Crippen LogP contribution in [-0.2, 0) is 0 Å². The fraction of sp³-hybridized carbons (Fsp3) is 0.105. The first-order valence-electron chi connectivity index (χ1n) is 7.83. The third-order valence-corrected chi connectivity index (χ3v) is 3.75. The van der Waals surface area contributed by atoms with E-state index in [1.54, 1.807) is 6.20 Å². The summed E-state index contributed by atoms with van der Waals surface area (Å²) in [6, 6.07) is 9.95. The van der Waals surface area contributed by atoms with E-state index in [1.165, 1.54) is 0 Å². The van der Waals surface area contributed by atoms with Crippen LogP contribution in [0.2, 0.25) is 0 Å². The number of anilines is 2. The van der Waals surface area contributed by atoms with Crippen LogP contribution in [0, 0.1) is 0 Å². The molecule has 0 aliphatic heterocycles. The van der Waals surface area contributed by atoms with Crippen molar-refractivity contribution in [3.63, 3.8) is 0 Å². The average Bonchev–Trinajstić information content (AvgIpc) is 2.99. The van der Waals surface area contributed by atoms with Gasteiger partial charge in [0.15, 0.2) is 5.82 Å². The lowest BCUT2D eigenvalue weighted by Gasteiger charge is -2.08. The van der Waals surface area contributed by atoms with Crippen molar-refractivity contribution in [3.8, 4) is 11.1 Å². The van der Waals surface area contributed by atoms with Crippen LogP contribution >= 0.6 is 0 Å². The molecule has 0 aliphatic carbocycles. The predicted molar refractivity (Wildman–Crippen MR) is 105 cm³/mol. The monoisotopic (exact) mass is 332 g/mol. The van der Waals surface area contributed by atoms with Gasteiger partial charge in [0, 0.05) is 11.6 Å². The van der Waals surface area contributed by atoms with E-state index >= 15 is 0 Å². The zero-order valence-electron chi connectivity index (χ0n) is 14.1. The lowest BCUT2D eigenvalue weighted by atomic mass is 10.0. The molecule has 3 rings (SSSR count). The van der Waals surface area contributed by atoms with Gasteiger partial charge in [0.05, 0.1) is 17.8 Å². The van der Waals surface area contributed by atoms with E-state index in [2.05, 4.69) is 38.8 Å². The van der Waals surface area contributed by atoms with Crippen LogP contribution in [0.1, 0.15) is 6.92 Å².